The van der Waals surface area contributed by atoms with Crippen molar-refractivity contribution in [2.75, 3.05) is 0 Å². The average Bonchev–Trinajstić information content (AvgIpc) is 2.22. The number of aromatic nitrogens is 2. The summed E-state index contributed by atoms with van der Waals surface area (Å²) in [5, 5.41) is 0.193. The van der Waals surface area contributed by atoms with Gasteiger partial charge in [-0.05, 0) is 18.2 Å². The number of aromatic amines is 1. The van der Waals surface area contributed by atoms with E-state index < -0.39 is 17.3 Å². The molecule has 0 aliphatic rings. The molecule has 0 saturated carbocycles. The third kappa shape index (κ3) is 1.94. The maximum absolute atomic E-state index is 13.5. The molecule has 1 aromatic carbocycles. The Bertz CT molecular complexity index is 598. The van der Waals surface area contributed by atoms with Crippen molar-refractivity contribution >= 4 is 11.6 Å². The fourth-order valence-electron chi connectivity index (χ4n) is 1.27. The molecular formula is C10H5ClF2N2O. The van der Waals surface area contributed by atoms with Gasteiger partial charge in [-0.25, -0.2) is 13.6 Å². The number of halogens is 3. The molecule has 0 aliphatic carbocycles. The Labute approximate surface area is 93.7 Å². The summed E-state index contributed by atoms with van der Waals surface area (Å²) < 4.78 is 26.8. The van der Waals surface area contributed by atoms with E-state index >= 15 is 0 Å². The van der Waals surface area contributed by atoms with Crippen LogP contribution < -0.4 is 5.69 Å². The van der Waals surface area contributed by atoms with Crippen LogP contribution in [0.4, 0.5) is 8.78 Å². The van der Waals surface area contributed by atoms with Crippen molar-refractivity contribution in [3.63, 3.8) is 0 Å². The Morgan fingerprint density at radius 2 is 2.00 bits per heavy atom. The Hall–Kier alpha value is -1.75. The molecule has 1 heterocycles. The Kier molecular flexibility index (Phi) is 2.70. The summed E-state index contributed by atoms with van der Waals surface area (Å²) in [5.41, 5.74) is -1.05. The normalized spacial score (nSPS) is 10.4. The quantitative estimate of drug-likeness (QED) is 0.834. The zero-order chi connectivity index (χ0) is 11.7. The Morgan fingerprint density at radius 3 is 2.69 bits per heavy atom. The van der Waals surface area contributed by atoms with Gasteiger partial charge in [0.15, 0.2) is 5.82 Å². The molecule has 82 valence electrons. The van der Waals surface area contributed by atoms with E-state index in [1.165, 1.54) is 12.1 Å². The van der Waals surface area contributed by atoms with Crippen LogP contribution in [0.25, 0.3) is 11.3 Å². The van der Waals surface area contributed by atoms with Gasteiger partial charge in [-0.15, -0.1) is 0 Å². The number of nitrogens with zero attached hydrogens (tertiary/aromatic N) is 1. The van der Waals surface area contributed by atoms with Crippen molar-refractivity contribution in [2.45, 2.75) is 0 Å². The Balaban J connectivity index is 2.67. The van der Waals surface area contributed by atoms with E-state index in [-0.39, 0.29) is 16.3 Å². The van der Waals surface area contributed by atoms with E-state index in [9.17, 15) is 13.6 Å². The van der Waals surface area contributed by atoms with Gasteiger partial charge in [-0.3, -0.25) is 0 Å². The maximum atomic E-state index is 13.5. The van der Waals surface area contributed by atoms with Crippen LogP contribution in [0.15, 0.2) is 29.2 Å². The van der Waals surface area contributed by atoms with E-state index in [1.807, 2.05) is 0 Å². The van der Waals surface area contributed by atoms with E-state index in [4.69, 9.17) is 11.6 Å². The summed E-state index contributed by atoms with van der Waals surface area (Å²) >= 11 is 5.56. The van der Waals surface area contributed by atoms with Crippen molar-refractivity contribution in [1.82, 2.24) is 9.97 Å². The molecule has 16 heavy (non-hydrogen) atoms. The average molecular weight is 243 g/mol. The van der Waals surface area contributed by atoms with Crippen molar-refractivity contribution in [3.8, 4) is 11.3 Å². The van der Waals surface area contributed by atoms with Gasteiger partial charge in [-0.1, -0.05) is 11.6 Å². The molecule has 0 atom stereocenters. The standard InChI is InChI=1S/C10H5ClF2N2O/c11-5-1-2-6(7(12)3-5)9-8(13)4-14-10(16)15-9/h1-4H,(H,14,15,16). The molecule has 0 fully saturated rings. The van der Waals surface area contributed by atoms with Gasteiger partial charge in [0, 0.05) is 10.6 Å². The lowest BCUT2D eigenvalue weighted by Gasteiger charge is -2.04. The number of rotatable bonds is 1. The predicted octanol–water partition coefficient (Wildman–Crippen LogP) is 2.37. The lowest BCUT2D eigenvalue weighted by Crippen LogP contribution is -2.12. The molecule has 0 saturated heterocycles. The van der Waals surface area contributed by atoms with E-state index in [0.717, 1.165) is 12.3 Å². The van der Waals surface area contributed by atoms with Gasteiger partial charge in [0.1, 0.15) is 5.82 Å². The summed E-state index contributed by atoms with van der Waals surface area (Å²) in [6.45, 7) is 0. The second kappa shape index (κ2) is 4.02. The fourth-order valence-corrected chi connectivity index (χ4v) is 1.43. The van der Waals surface area contributed by atoms with Crippen LogP contribution in [0.3, 0.4) is 0 Å². The lowest BCUT2D eigenvalue weighted by molar-refractivity contribution is 0.604. The van der Waals surface area contributed by atoms with Crippen molar-refractivity contribution in [1.29, 1.82) is 0 Å². The zero-order valence-corrected chi connectivity index (χ0v) is 8.55. The first-order valence-corrected chi connectivity index (χ1v) is 4.66. The highest BCUT2D eigenvalue weighted by Gasteiger charge is 2.11. The van der Waals surface area contributed by atoms with Crippen molar-refractivity contribution in [3.05, 3.63) is 51.5 Å². The van der Waals surface area contributed by atoms with Gasteiger partial charge >= 0.3 is 5.69 Å². The van der Waals surface area contributed by atoms with Crippen LogP contribution in [-0.2, 0) is 0 Å². The van der Waals surface area contributed by atoms with Crippen molar-refractivity contribution in [2.24, 2.45) is 0 Å². The minimum Gasteiger partial charge on any atom is -0.303 e. The molecule has 2 rings (SSSR count). The first kappa shape index (κ1) is 10.8. The summed E-state index contributed by atoms with van der Waals surface area (Å²) in [4.78, 5) is 16.2. The lowest BCUT2D eigenvalue weighted by atomic mass is 10.1. The molecule has 3 nitrogen and oxygen atoms in total. The molecule has 1 aromatic heterocycles. The van der Waals surface area contributed by atoms with Crippen LogP contribution in [0.1, 0.15) is 0 Å². The van der Waals surface area contributed by atoms with Crippen molar-refractivity contribution < 1.29 is 8.78 Å². The fraction of sp³-hybridized carbons (Fsp3) is 0. The smallest absolute Gasteiger partial charge is 0.303 e. The summed E-state index contributed by atoms with van der Waals surface area (Å²) in [6.07, 6.45) is 0.738. The van der Waals surface area contributed by atoms with Gasteiger partial charge in [0.25, 0.3) is 0 Å². The largest absolute Gasteiger partial charge is 0.345 e. The molecule has 1 N–H and O–H groups in total. The van der Waals surface area contributed by atoms with Crippen LogP contribution in [-0.4, -0.2) is 9.97 Å². The molecule has 0 radical (unpaired) electrons. The first-order chi connectivity index (χ1) is 7.58. The number of hydrogen-bond donors (Lipinski definition) is 1. The topological polar surface area (TPSA) is 45.8 Å². The van der Waals surface area contributed by atoms with E-state index in [2.05, 4.69) is 9.97 Å². The predicted molar refractivity (Wildman–Crippen MR) is 55.2 cm³/mol. The number of nitrogens with one attached hydrogen (secondary N) is 1. The van der Waals surface area contributed by atoms with E-state index in [1.54, 1.807) is 0 Å². The Morgan fingerprint density at radius 1 is 1.25 bits per heavy atom. The monoisotopic (exact) mass is 242 g/mol. The molecule has 0 unspecified atom stereocenters. The molecule has 2 aromatic rings. The van der Waals surface area contributed by atoms with Crippen LogP contribution in [0, 0.1) is 11.6 Å². The number of benzene rings is 1. The number of H-pyrrole nitrogens is 1. The molecule has 0 spiro atoms. The van der Waals surface area contributed by atoms with Gasteiger partial charge in [0.05, 0.1) is 11.9 Å². The second-order valence-corrected chi connectivity index (χ2v) is 3.47. The number of hydrogen-bond acceptors (Lipinski definition) is 2. The highest BCUT2D eigenvalue weighted by atomic mass is 35.5. The maximum Gasteiger partial charge on any atom is 0.345 e. The van der Waals surface area contributed by atoms with Gasteiger partial charge in [0.2, 0.25) is 0 Å². The van der Waals surface area contributed by atoms with E-state index in [0.29, 0.717) is 0 Å². The first-order valence-electron chi connectivity index (χ1n) is 4.28. The minimum absolute atomic E-state index is 0.0681. The van der Waals surface area contributed by atoms with Crippen LogP contribution >= 0.6 is 11.6 Å². The zero-order valence-electron chi connectivity index (χ0n) is 7.80. The molecule has 0 amide bonds. The minimum atomic E-state index is -0.805. The summed E-state index contributed by atoms with van der Waals surface area (Å²) in [7, 11) is 0. The summed E-state index contributed by atoms with van der Waals surface area (Å²) in [6, 6.07) is 3.72. The molecule has 0 aliphatic heterocycles. The highest BCUT2D eigenvalue weighted by Crippen LogP contribution is 2.24. The molecular weight excluding hydrogens is 238 g/mol. The molecule has 0 bridgehead atoms. The summed E-state index contributed by atoms with van der Waals surface area (Å²) in [5.74, 6) is -1.52. The SMILES string of the molecule is O=c1ncc(F)c(-c2ccc(Cl)cc2F)[nH]1. The van der Waals surface area contributed by atoms with Crippen LogP contribution in [0.5, 0.6) is 0 Å². The highest BCUT2D eigenvalue weighted by molar-refractivity contribution is 6.30. The second-order valence-electron chi connectivity index (χ2n) is 3.04. The molecule has 6 heteroatoms. The van der Waals surface area contributed by atoms with Gasteiger partial charge in [-0.2, -0.15) is 4.98 Å². The van der Waals surface area contributed by atoms with Crippen LogP contribution in [0.2, 0.25) is 5.02 Å². The third-order valence-corrected chi connectivity index (χ3v) is 2.20. The van der Waals surface area contributed by atoms with Gasteiger partial charge < -0.3 is 4.98 Å². The third-order valence-electron chi connectivity index (χ3n) is 1.97.